The molecule has 102 valence electrons. The summed E-state index contributed by atoms with van der Waals surface area (Å²) in [5.74, 6) is -2.21. The summed E-state index contributed by atoms with van der Waals surface area (Å²) in [6, 6.07) is 1.76. The van der Waals surface area contributed by atoms with E-state index in [-0.39, 0.29) is 16.3 Å². The number of hydrogen-bond acceptors (Lipinski definition) is 5. The summed E-state index contributed by atoms with van der Waals surface area (Å²) in [7, 11) is 0. The predicted molar refractivity (Wildman–Crippen MR) is 64.1 cm³/mol. The van der Waals surface area contributed by atoms with Crippen LogP contribution in [0.15, 0.2) is 18.2 Å². The zero-order chi connectivity index (χ0) is 14.6. The van der Waals surface area contributed by atoms with Crippen molar-refractivity contribution in [3.05, 3.63) is 38.9 Å². The molecule has 3 N–H and O–H groups in total. The van der Waals surface area contributed by atoms with Gasteiger partial charge in [-0.2, -0.15) is 0 Å². The van der Waals surface area contributed by atoms with Gasteiger partial charge in [-0.05, 0) is 12.1 Å². The number of halogens is 1. The number of carbonyl (C=O) groups excluding carboxylic acids is 1. The third-order valence-electron chi connectivity index (χ3n) is 2.19. The predicted octanol–water partition coefficient (Wildman–Crippen LogP) is 0.424. The van der Waals surface area contributed by atoms with Crippen LogP contribution in [0.25, 0.3) is 0 Å². The van der Waals surface area contributed by atoms with Crippen LogP contribution in [0.3, 0.4) is 0 Å². The van der Waals surface area contributed by atoms with Gasteiger partial charge >= 0.3 is 5.97 Å². The molecule has 1 rings (SSSR count). The SMILES string of the molecule is O=C(N[C@@H](CO)C(=O)O)c1ccc([N+](=O)[O-])c(Cl)c1. The Labute approximate surface area is 111 Å². The average Bonchev–Trinajstić information content (AvgIpc) is 2.34. The number of nitrogens with zero attached hydrogens (tertiary/aromatic N) is 1. The normalized spacial score (nSPS) is 11.7. The topological polar surface area (TPSA) is 130 Å². The largest absolute Gasteiger partial charge is 0.480 e. The fourth-order valence-electron chi connectivity index (χ4n) is 1.22. The van der Waals surface area contributed by atoms with Gasteiger partial charge in [-0.15, -0.1) is 0 Å². The van der Waals surface area contributed by atoms with E-state index >= 15 is 0 Å². The van der Waals surface area contributed by atoms with Gasteiger partial charge in [0.2, 0.25) is 0 Å². The van der Waals surface area contributed by atoms with Gasteiger partial charge in [-0.1, -0.05) is 11.6 Å². The molecule has 0 saturated carbocycles. The van der Waals surface area contributed by atoms with Crippen LogP contribution in [-0.4, -0.2) is 39.7 Å². The number of benzene rings is 1. The lowest BCUT2D eigenvalue weighted by atomic mass is 10.2. The molecule has 0 aliphatic rings. The molecule has 9 heteroatoms. The van der Waals surface area contributed by atoms with Gasteiger partial charge in [-0.25, -0.2) is 4.79 Å². The Hall–Kier alpha value is -2.19. The molecule has 8 nitrogen and oxygen atoms in total. The second-order valence-electron chi connectivity index (χ2n) is 3.47. The minimum atomic E-state index is -1.46. The maximum absolute atomic E-state index is 11.6. The molecule has 19 heavy (non-hydrogen) atoms. The van der Waals surface area contributed by atoms with Crippen molar-refractivity contribution in [3.63, 3.8) is 0 Å². The number of carboxylic acids is 1. The van der Waals surface area contributed by atoms with E-state index in [0.717, 1.165) is 18.2 Å². The van der Waals surface area contributed by atoms with Crippen LogP contribution in [0.5, 0.6) is 0 Å². The fourth-order valence-corrected chi connectivity index (χ4v) is 1.47. The first-order valence-electron chi connectivity index (χ1n) is 4.95. The van der Waals surface area contributed by atoms with Gasteiger partial charge in [0.1, 0.15) is 5.02 Å². The molecule has 0 unspecified atom stereocenters. The minimum Gasteiger partial charge on any atom is -0.480 e. The van der Waals surface area contributed by atoms with Gasteiger partial charge in [0.15, 0.2) is 6.04 Å². The summed E-state index contributed by atoms with van der Waals surface area (Å²) >= 11 is 5.61. The van der Waals surface area contributed by atoms with E-state index in [9.17, 15) is 19.7 Å². The second-order valence-corrected chi connectivity index (χ2v) is 3.88. The maximum atomic E-state index is 11.6. The first kappa shape index (κ1) is 14.9. The highest BCUT2D eigenvalue weighted by Crippen LogP contribution is 2.24. The third-order valence-corrected chi connectivity index (χ3v) is 2.50. The molecule has 1 amide bonds. The van der Waals surface area contributed by atoms with Crippen molar-refractivity contribution in [3.8, 4) is 0 Å². The van der Waals surface area contributed by atoms with Crippen molar-refractivity contribution in [2.24, 2.45) is 0 Å². The highest BCUT2D eigenvalue weighted by atomic mass is 35.5. The summed E-state index contributed by atoms with van der Waals surface area (Å²) in [5, 5.41) is 29.7. The molecule has 1 aromatic rings. The van der Waals surface area contributed by atoms with Crippen molar-refractivity contribution in [2.75, 3.05) is 6.61 Å². The van der Waals surface area contributed by atoms with Crippen molar-refractivity contribution >= 4 is 29.2 Å². The second kappa shape index (κ2) is 6.12. The molecule has 0 aliphatic carbocycles. The molecule has 0 saturated heterocycles. The molecule has 1 aromatic carbocycles. The number of aliphatic hydroxyl groups is 1. The Kier molecular flexibility index (Phi) is 4.79. The number of amides is 1. The van der Waals surface area contributed by atoms with Crippen molar-refractivity contribution in [1.82, 2.24) is 5.32 Å². The maximum Gasteiger partial charge on any atom is 0.328 e. The van der Waals surface area contributed by atoms with Gasteiger partial charge in [0, 0.05) is 11.6 Å². The summed E-state index contributed by atoms with van der Waals surface area (Å²) in [5.41, 5.74) is -0.412. The molecular formula is C10H9ClN2O6. The Balaban J connectivity index is 2.92. The highest BCUT2D eigenvalue weighted by Gasteiger charge is 2.21. The number of rotatable bonds is 5. The first-order valence-corrected chi connectivity index (χ1v) is 5.33. The van der Waals surface area contributed by atoms with Gasteiger partial charge in [-0.3, -0.25) is 14.9 Å². The number of hydrogen-bond donors (Lipinski definition) is 3. The molecular weight excluding hydrogens is 280 g/mol. The van der Waals surface area contributed by atoms with Crippen LogP contribution in [0.2, 0.25) is 5.02 Å². The lowest BCUT2D eigenvalue weighted by Crippen LogP contribution is -2.43. The number of aliphatic carboxylic acids is 1. The van der Waals surface area contributed by atoms with Crippen LogP contribution in [0.4, 0.5) is 5.69 Å². The number of aliphatic hydroxyl groups excluding tert-OH is 1. The van der Waals surface area contributed by atoms with E-state index in [4.69, 9.17) is 21.8 Å². The number of carboxylic acid groups (broad SMARTS) is 1. The molecule has 0 heterocycles. The monoisotopic (exact) mass is 288 g/mol. The number of nitro groups is 1. The van der Waals surface area contributed by atoms with Gasteiger partial charge in [0.05, 0.1) is 11.5 Å². The molecule has 1 atom stereocenters. The molecule has 0 aromatic heterocycles. The Bertz CT molecular complexity index is 533. The molecule has 0 fully saturated rings. The Morgan fingerprint density at radius 1 is 1.47 bits per heavy atom. The zero-order valence-electron chi connectivity index (χ0n) is 9.37. The molecule has 0 radical (unpaired) electrons. The van der Waals surface area contributed by atoms with Crippen molar-refractivity contribution in [1.29, 1.82) is 0 Å². The lowest BCUT2D eigenvalue weighted by molar-refractivity contribution is -0.384. The summed E-state index contributed by atoms with van der Waals surface area (Å²) < 4.78 is 0. The van der Waals surface area contributed by atoms with Gasteiger partial charge in [0.25, 0.3) is 11.6 Å². The standard InChI is InChI=1S/C10H9ClN2O6/c11-6-3-5(1-2-8(6)13(18)19)9(15)12-7(4-14)10(16)17/h1-3,7,14H,4H2,(H,12,15)(H,16,17)/t7-/m0/s1. The zero-order valence-corrected chi connectivity index (χ0v) is 10.1. The van der Waals surface area contributed by atoms with E-state index in [0.29, 0.717) is 0 Å². The minimum absolute atomic E-state index is 0.0460. The van der Waals surface area contributed by atoms with E-state index < -0.39 is 29.4 Å². The van der Waals surface area contributed by atoms with E-state index in [1.54, 1.807) is 0 Å². The van der Waals surface area contributed by atoms with Crippen molar-refractivity contribution < 1.29 is 24.7 Å². The lowest BCUT2D eigenvalue weighted by Gasteiger charge is -2.11. The van der Waals surface area contributed by atoms with E-state index in [1.165, 1.54) is 0 Å². The Morgan fingerprint density at radius 3 is 2.53 bits per heavy atom. The number of carbonyl (C=O) groups is 2. The van der Waals surface area contributed by atoms with Crippen molar-refractivity contribution in [2.45, 2.75) is 6.04 Å². The fraction of sp³-hybridized carbons (Fsp3) is 0.200. The van der Waals surface area contributed by atoms with Crippen LogP contribution in [0.1, 0.15) is 10.4 Å². The summed E-state index contributed by atoms with van der Waals surface area (Å²) in [6.45, 7) is -0.776. The summed E-state index contributed by atoms with van der Waals surface area (Å²) in [6.07, 6.45) is 0. The quantitative estimate of drug-likeness (QED) is 0.532. The van der Waals surface area contributed by atoms with E-state index in [1.807, 2.05) is 5.32 Å². The smallest absolute Gasteiger partial charge is 0.328 e. The number of nitro benzene ring substituents is 1. The number of nitrogens with one attached hydrogen (secondary N) is 1. The average molecular weight is 289 g/mol. The Morgan fingerprint density at radius 2 is 2.11 bits per heavy atom. The molecule has 0 spiro atoms. The first-order chi connectivity index (χ1) is 8.86. The van der Waals surface area contributed by atoms with Crippen LogP contribution in [-0.2, 0) is 4.79 Å². The van der Waals surface area contributed by atoms with Gasteiger partial charge < -0.3 is 15.5 Å². The van der Waals surface area contributed by atoms with Crippen LogP contribution >= 0.6 is 11.6 Å². The molecule has 0 aliphatic heterocycles. The third kappa shape index (κ3) is 3.63. The summed E-state index contributed by atoms with van der Waals surface area (Å²) in [4.78, 5) is 32.1. The molecule has 0 bridgehead atoms. The van der Waals surface area contributed by atoms with Crippen LogP contribution < -0.4 is 5.32 Å². The van der Waals surface area contributed by atoms with Crippen LogP contribution in [0, 0.1) is 10.1 Å². The van der Waals surface area contributed by atoms with E-state index in [2.05, 4.69) is 0 Å². The highest BCUT2D eigenvalue weighted by molar-refractivity contribution is 6.33.